The van der Waals surface area contributed by atoms with Gasteiger partial charge in [0.1, 0.15) is 5.75 Å². The average Bonchev–Trinajstić information content (AvgIpc) is 3.16. The number of benzene rings is 2. The van der Waals surface area contributed by atoms with Crippen molar-refractivity contribution in [1.29, 1.82) is 5.26 Å². The van der Waals surface area contributed by atoms with Crippen LogP contribution in [0, 0.1) is 11.3 Å². The van der Waals surface area contributed by atoms with Crippen LogP contribution in [0.5, 0.6) is 5.75 Å². The van der Waals surface area contributed by atoms with Gasteiger partial charge >= 0.3 is 0 Å². The molecule has 1 saturated heterocycles. The number of likely N-dealkylation sites (tertiary alicyclic amines) is 1. The van der Waals surface area contributed by atoms with Crippen molar-refractivity contribution in [2.24, 2.45) is 0 Å². The third-order valence-corrected chi connectivity index (χ3v) is 5.36. The molecule has 142 valence electrons. The number of hydrogen-bond acceptors (Lipinski definition) is 4. The van der Waals surface area contributed by atoms with E-state index < -0.39 is 0 Å². The number of unbranched alkanes of at least 4 members (excludes halogenated alkanes) is 1. The van der Waals surface area contributed by atoms with Gasteiger partial charge in [-0.3, -0.25) is 9.69 Å². The second kappa shape index (κ2) is 8.88. The lowest BCUT2D eigenvalue weighted by molar-refractivity contribution is 0.0937. The molecule has 1 fully saturated rings. The predicted molar refractivity (Wildman–Crippen MR) is 107 cm³/mol. The van der Waals surface area contributed by atoms with E-state index in [-0.39, 0.29) is 5.91 Å². The minimum Gasteiger partial charge on any atom is -0.495 e. The highest BCUT2D eigenvalue weighted by Gasteiger charge is 2.25. The number of nitrogens with zero attached hydrogens (tertiary/aromatic N) is 2. The third kappa shape index (κ3) is 4.06. The third-order valence-electron chi connectivity index (χ3n) is 5.36. The maximum atomic E-state index is 12.9. The first-order valence-corrected chi connectivity index (χ1v) is 9.71. The Morgan fingerprint density at radius 1 is 1.37 bits per heavy atom. The van der Waals surface area contributed by atoms with Gasteiger partial charge in [0, 0.05) is 23.4 Å². The zero-order valence-electron chi connectivity index (χ0n) is 16.1. The molecule has 1 aliphatic heterocycles. The highest BCUT2D eigenvalue weighted by molar-refractivity contribution is 6.05. The maximum Gasteiger partial charge on any atom is 0.255 e. The Labute approximate surface area is 160 Å². The summed E-state index contributed by atoms with van der Waals surface area (Å²) in [6.07, 6.45) is 4.67. The lowest BCUT2D eigenvalue weighted by atomic mass is 9.99. The SMILES string of the molecule is CCCCN1CCC[C@@H]1CNC(=O)c1cc(C#N)c2ccccc2c1OC. The summed E-state index contributed by atoms with van der Waals surface area (Å²) in [6.45, 7) is 5.03. The van der Waals surface area contributed by atoms with E-state index in [1.54, 1.807) is 13.2 Å². The first kappa shape index (κ1) is 19.2. The molecule has 0 unspecified atom stereocenters. The number of nitrogens with one attached hydrogen (secondary N) is 1. The first-order chi connectivity index (χ1) is 13.2. The zero-order valence-corrected chi connectivity index (χ0v) is 16.1. The van der Waals surface area contributed by atoms with Crippen LogP contribution in [-0.4, -0.2) is 43.6 Å². The lowest BCUT2D eigenvalue weighted by Gasteiger charge is -2.24. The Hall–Kier alpha value is -2.58. The Bertz CT molecular complexity index is 856. The summed E-state index contributed by atoms with van der Waals surface area (Å²) in [5, 5.41) is 14.2. The van der Waals surface area contributed by atoms with E-state index in [4.69, 9.17) is 4.74 Å². The van der Waals surface area contributed by atoms with E-state index in [0.717, 1.165) is 30.3 Å². The highest BCUT2D eigenvalue weighted by Crippen LogP contribution is 2.32. The fourth-order valence-corrected chi connectivity index (χ4v) is 3.92. The van der Waals surface area contributed by atoms with Crippen molar-refractivity contribution in [2.75, 3.05) is 26.7 Å². The molecule has 5 heteroatoms. The van der Waals surface area contributed by atoms with Gasteiger partial charge in [-0.1, -0.05) is 37.6 Å². The van der Waals surface area contributed by atoms with Crippen LogP contribution in [0.4, 0.5) is 0 Å². The van der Waals surface area contributed by atoms with Crippen molar-refractivity contribution >= 4 is 16.7 Å². The van der Waals surface area contributed by atoms with Crippen molar-refractivity contribution in [1.82, 2.24) is 10.2 Å². The van der Waals surface area contributed by atoms with E-state index in [1.807, 2.05) is 24.3 Å². The fraction of sp³-hybridized carbons (Fsp3) is 0.455. The van der Waals surface area contributed by atoms with Gasteiger partial charge in [-0.05, 0) is 38.4 Å². The van der Waals surface area contributed by atoms with Crippen LogP contribution in [0.1, 0.15) is 48.5 Å². The van der Waals surface area contributed by atoms with Gasteiger partial charge in [0.15, 0.2) is 0 Å². The largest absolute Gasteiger partial charge is 0.495 e. The molecule has 1 amide bonds. The Morgan fingerprint density at radius 2 is 2.15 bits per heavy atom. The molecule has 0 aliphatic carbocycles. The number of carbonyl (C=O) groups is 1. The van der Waals surface area contributed by atoms with Crippen molar-refractivity contribution in [3.05, 3.63) is 41.5 Å². The average molecular weight is 365 g/mol. The summed E-state index contributed by atoms with van der Waals surface area (Å²) >= 11 is 0. The van der Waals surface area contributed by atoms with Crippen LogP contribution in [0.15, 0.2) is 30.3 Å². The molecule has 2 aromatic rings. The number of carbonyl (C=O) groups excluding carboxylic acids is 1. The number of amides is 1. The predicted octanol–water partition coefficient (Wildman–Crippen LogP) is 3.71. The fourth-order valence-electron chi connectivity index (χ4n) is 3.92. The Balaban J connectivity index is 1.80. The second-order valence-corrected chi connectivity index (χ2v) is 7.06. The van der Waals surface area contributed by atoms with E-state index in [0.29, 0.717) is 29.5 Å². The van der Waals surface area contributed by atoms with Gasteiger partial charge < -0.3 is 10.1 Å². The van der Waals surface area contributed by atoms with Gasteiger partial charge in [-0.15, -0.1) is 0 Å². The van der Waals surface area contributed by atoms with Crippen molar-refractivity contribution in [2.45, 2.75) is 38.6 Å². The molecule has 27 heavy (non-hydrogen) atoms. The maximum absolute atomic E-state index is 12.9. The quantitative estimate of drug-likeness (QED) is 0.812. The molecule has 1 atom stereocenters. The summed E-state index contributed by atoms with van der Waals surface area (Å²) in [4.78, 5) is 15.4. The summed E-state index contributed by atoms with van der Waals surface area (Å²) in [5.41, 5.74) is 0.910. The van der Waals surface area contributed by atoms with Gasteiger partial charge in [-0.2, -0.15) is 5.26 Å². The molecular formula is C22H27N3O2. The number of fused-ring (bicyclic) bond motifs is 1. The summed E-state index contributed by atoms with van der Waals surface area (Å²) in [7, 11) is 1.56. The number of ether oxygens (including phenoxy) is 1. The van der Waals surface area contributed by atoms with Crippen LogP contribution in [-0.2, 0) is 0 Å². The van der Waals surface area contributed by atoms with Gasteiger partial charge in [0.05, 0.1) is 24.3 Å². The van der Waals surface area contributed by atoms with E-state index >= 15 is 0 Å². The van der Waals surface area contributed by atoms with Gasteiger partial charge in [-0.25, -0.2) is 0 Å². The molecular weight excluding hydrogens is 338 g/mol. The summed E-state index contributed by atoms with van der Waals surface area (Å²) in [5.74, 6) is 0.341. The Kier molecular flexibility index (Phi) is 6.31. The standard InChI is InChI=1S/C22H27N3O2/c1-3-4-11-25-12-7-8-17(25)15-24-22(26)20-13-16(14-23)18-9-5-6-10-19(18)21(20)27-2/h5-6,9-10,13,17H,3-4,7-8,11-12,15H2,1-2H3,(H,24,26)/t17-/m1/s1. The zero-order chi connectivity index (χ0) is 19.2. The molecule has 0 bridgehead atoms. The summed E-state index contributed by atoms with van der Waals surface area (Å²) < 4.78 is 5.54. The topological polar surface area (TPSA) is 65.4 Å². The van der Waals surface area contributed by atoms with E-state index in [2.05, 4.69) is 23.2 Å². The van der Waals surface area contributed by atoms with Crippen LogP contribution in [0.3, 0.4) is 0 Å². The molecule has 0 radical (unpaired) electrons. The normalized spacial score (nSPS) is 17.0. The minimum absolute atomic E-state index is 0.184. The lowest BCUT2D eigenvalue weighted by Crippen LogP contribution is -2.40. The number of methoxy groups -OCH3 is 1. The van der Waals surface area contributed by atoms with Crippen molar-refractivity contribution in [3.63, 3.8) is 0 Å². The number of hydrogen-bond donors (Lipinski definition) is 1. The molecule has 0 spiro atoms. The van der Waals surface area contributed by atoms with E-state index in [9.17, 15) is 10.1 Å². The van der Waals surface area contributed by atoms with Crippen LogP contribution >= 0.6 is 0 Å². The molecule has 1 heterocycles. The summed E-state index contributed by atoms with van der Waals surface area (Å²) in [6, 6.07) is 11.8. The molecule has 0 saturated carbocycles. The van der Waals surface area contributed by atoms with Crippen LogP contribution < -0.4 is 10.1 Å². The van der Waals surface area contributed by atoms with Gasteiger partial charge in [0.25, 0.3) is 5.91 Å². The first-order valence-electron chi connectivity index (χ1n) is 9.71. The smallest absolute Gasteiger partial charge is 0.255 e. The van der Waals surface area contributed by atoms with Gasteiger partial charge in [0.2, 0.25) is 0 Å². The minimum atomic E-state index is -0.184. The molecule has 1 N–H and O–H groups in total. The molecule has 3 rings (SSSR count). The van der Waals surface area contributed by atoms with Crippen molar-refractivity contribution < 1.29 is 9.53 Å². The van der Waals surface area contributed by atoms with Crippen molar-refractivity contribution in [3.8, 4) is 11.8 Å². The monoisotopic (exact) mass is 365 g/mol. The molecule has 5 nitrogen and oxygen atoms in total. The van der Waals surface area contributed by atoms with Crippen LogP contribution in [0.25, 0.3) is 10.8 Å². The molecule has 1 aliphatic rings. The number of rotatable bonds is 7. The number of nitriles is 1. The van der Waals surface area contributed by atoms with Crippen LogP contribution in [0.2, 0.25) is 0 Å². The highest BCUT2D eigenvalue weighted by atomic mass is 16.5. The molecule has 2 aromatic carbocycles. The Morgan fingerprint density at radius 3 is 2.85 bits per heavy atom. The van der Waals surface area contributed by atoms with E-state index in [1.165, 1.54) is 19.3 Å². The molecule has 0 aromatic heterocycles. The second-order valence-electron chi connectivity index (χ2n) is 7.06.